The van der Waals surface area contributed by atoms with Crippen molar-refractivity contribution in [2.24, 2.45) is 17.3 Å². The molecular weight excluding hydrogens is 324 g/mol. The maximum atomic E-state index is 11.9. The predicted molar refractivity (Wildman–Crippen MR) is 94.3 cm³/mol. The lowest BCUT2D eigenvalue weighted by Crippen LogP contribution is -2.48. The van der Waals surface area contributed by atoms with E-state index in [1.807, 2.05) is 13.2 Å². The van der Waals surface area contributed by atoms with E-state index in [4.69, 9.17) is 9.47 Å². The largest absolute Gasteiger partial charge is 0.459 e. The highest BCUT2D eigenvalue weighted by Gasteiger charge is 2.52. The third kappa shape index (κ3) is 3.03. The molecule has 24 heavy (non-hydrogen) atoms. The van der Waals surface area contributed by atoms with Gasteiger partial charge in [-0.25, -0.2) is 9.59 Å². The van der Waals surface area contributed by atoms with Crippen molar-refractivity contribution in [2.75, 3.05) is 6.26 Å². The van der Waals surface area contributed by atoms with Crippen LogP contribution in [0.2, 0.25) is 0 Å². The first-order valence-electron chi connectivity index (χ1n) is 8.65. The number of carbonyl (C=O) groups is 2. The Bertz CT molecular complexity index is 608. The molecule has 1 heterocycles. The van der Waals surface area contributed by atoms with E-state index in [-0.39, 0.29) is 29.6 Å². The minimum absolute atomic E-state index is 0.0409. The van der Waals surface area contributed by atoms with E-state index in [1.54, 1.807) is 5.41 Å². The van der Waals surface area contributed by atoms with E-state index in [1.165, 1.54) is 23.4 Å². The normalized spacial score (nSPS) is 38.8. The molecule has 0 aromatic heterocycles. The molecule has 2 fully saturated rings. The first-order valence-corrected chi connectivity index (χ1v) is 9.94. The molecule has 3 rings (SSSR count). The van der Waals surface area contributed by atoms with Gasteiger partial charge in [0.2, 0.25) is 0 Å². The summed E-state index contributed by atoms with van der Waals surface area (Å²) in [5.74, 6) is 0.436. The SMILES string of the molecule is CS/C=C\C(=O)O[C@H]1C[C@@H]2C[C@H]3OC(=O)C(C)=C3C[C@]2(C)[C@@H](C)C1. The van der Waals surface area contributed by atoms with Crippen molar-refractivity contribution in [1.82, 2.24) is 0 Å². The zero-order chi connectivity index (χ0) is 17.5. The molecule has 0 bridgehead atoms. The Balaban J connectivity index is 1.74. The Kier molecular flexibility index (Phi) is 4.82. The topological polar surface area (TPSA) is 52.6 Å². The number of hydrogen-bond donors (Lipinski definition) is 0. The fraction of sp³-hybridized carbons (Fsp3) is 0.684. The fourth-order valence-electron chi connectivity index (χ4n) is 4.62. The maximum absolute atomic E-state index is 11.9. The second kappa shape index (κ2) is 6.58. The molecule has 1 aliphatic heterocycles. The first-order chi connectivity index (χ1) is 11.3. The highest BCUT2D eigenvalue weighted by Crippen LogP contribution is 2.57. The van der Waals surface area contributed by atoms with Crippen molar-refractivity contribution < 1.29 is 19.1 Å². The van der Waals surface area contributed by atoms with Gasteiger partial charge >= 0.3 is 11.9 Å². The molecule has 0 unspecified atom stereocenters. The maximum Gasteiger partial charge on any atom is 0.334 e. The van der Waals surface area contributed by atoms with Crippen LogP contribution in [0.3, 0.4) is 0 Å². The summed E-state index contributed by atoms with van der Waals surface area (Å²) in [6.45, 7) is 6.46. The molecule has 2 saturated carbocycles. The lowest BCUT2D eigenvalue weighted by molar-refractivity contribution is -0.152. The lowest BCUT2D eigenvalue weighted by atomic mass is 9.54. The van der Waals surface area contributed by atoms with E-state index in [2.05, 4.69) is 13.8 Å². The molecule has 132 valence electrons. The average Bonchev–Trinajstić information content (AvgIpc) is 2.79. The molecule has 0 aromatic carbocycles. The van der Waals surface area contributed by atoms with Crippen molar-refractivity contribution >= 4 is 23.7 Å². The number of ether oxygens (including phenoxy) is 2. The van der Waals surface area contributed by atoms with E-state index in [0.29, 0.717) is 11.8 Å². The molecule has 2 aliphatic carbocycles. The summed E-state index contributed by atoms with van der Waals surface area (Å²) in [6.07, 6.45) is 6.83. The molecule has 5 atom stereocenters. The minimum atomic E-state index is -0.260. The Morgan fingerprint density at radius 1 is 1.38 bits per heavy atom. The third-order valence-electron chi connectivity index (χ3n) is 6.34. The molecule has 0 amide bonds. The van der Waals surface area contributed by atoms with Gasteiger partial charge < -0.3 is 9.47 Å². The highest BCUT2D eigenvalue weighted by molar-refractivity contribution is 8.01. The zero-order valence-corrected chi connectivity index (χ0v) is 15.7. The van der Waals surface area contributed by atoms with Crippen LogP contribution in [0.25, 0.3) is 0 Å². The van der Waals surface area contributed by atoms with Crippen molar-refractivity contribution in [3.05, 3.63) is 22.6 Å². The van der Waals surface area contributed by atoms with Crippen LogP contribution in [0.5, 0.6) is 0 Å². The number of fused-ring (bicyclic) bond motifs is 2. The van der Waals surface area contributed by atoms with Crippen LogP contribution >= 0.6 is 11.8 Å². The smallest absolute Gasteiger partial charge is 0.334 e. The quantitative estimate of drug-likeness (QED) is 0.571. The van der Waals surface area contributed by atoms with Gasteiger partial charge in [-0.3, -0.25) is 0 Å². The van der Waals surface area contributed by atoms with Crippen LogP contribution in [0.4, 0.5) is 0 Å². The van der Waals surface area contributed by atoms with Gasteiger partial charge in [0.1, 0.15) is 12.2 Å². The van der Waals surface area contributed by atoms with Gasteiger partial charge in [-0.2, -0.15) is 0 Å². The standard InChI is InChI=1S/C19H26O4S/c1-11-7-14(22-17(20)5-6-24-4)8-13-9-16-15(10-19(11,13)3)12(2)18(21)23-16/h5-6,11,13-14,16H,7-10H2,1-4H3/b6-5-/t11-,13+,14+,16+,19+/m0/s1. The summed E-state index contributed by atoms with van der Waals surface area (Å²) in [5.41, 5.74) is 2.16. The van der Waals surface area contributed by atoms with Crippen LogP contribution in [-0.2, 0) is 19.1 Å². The van der Waals surface area contributed by atoms with Gasteiger partial charge in [0.25, 0.3) is 0 Å². The molecule has 0 radical (unpaired) electrons. The Morgan fingerprint density at radius 2 is 2.12 bits per heavy atom. The molecule has 3 aliphatic rings. The van der Waals surface area contributed by atoms with Gasteiger partial charge in [0, 0.05) is 11.6 Å². The number of carbonyl (C=O) groups excluding carboxylic acids is 2. The van der Waals surface area contributed by atoms with E-state index >= 15 is 0 Å². The van der Waals surface area contributed by atoms with E-state index < -0.39 is 0 Å². The summed E-state index contributed by atoms with van der Waals surface area (Å²) >= 11 is 1.49. The monoisotopic (exact) mass is 350 g/mol. The zero-order valence-electron chi connectivity index (χ0n) is 14.8. The first kappa shape index (κ1) is 17.6. The van der Waals surface area contributed by atoms with Gasteiger partial charge in [-0.1, -0.05) is 13.8 Å². The minimum Gasteiger partial charge on any atom is -0.459 e. The average molecular weight is 350 g/mol. The van der Waals surface area contributed by atoms with Gasteiger partial charge in [-0.15, -0.1) is 11.8 Å². The molecular formula is C19H26O4S. The number of rotatable bonds is 3. The molecule has 0 N–H and O–H groups in total. The second-order valence-corrected chi connectivity index (χ2v) is 8.37. The van der Waals surface area contributed by atoms with Crippen molar-refractivity contribution in [2.45, 2.75) is 58.7 Å². The summed E-state index contributed by atoms with van der Waals surface area (Å²) < 4.78 is 11.2. The number of hydrogen-bond acceptors (Lipinski definition) is 5. The molecule has 4 nitrogen and oxygen atoms in total. The Morgan fingerprint density at radius 3 is 2.83 bits per heavy atom. The molecule has 0 spiro atoms. The van der Waals surface area contributed by atoms with E-state index in [9.17, 15) is 9.59 Å². The summed E-state index contributed by atoms with van der Waals surface area (Å²) in [5, 5.41) is 1.75. The number of thioether (sulfide) groups is 1. The van der Waals surface area contributed by atoms with Crippen LogP contribution < -0.4 is 0 Å². The van der Waals surface area contributed by atoms with Crippen LogP contribution in [0.1, 0.15) is 46.5 Å². The van der Waals surface area contributed by atoms with Gasteiger partial charge in [-0.05, 0) is 67.1 Å². The van der Waals surface area contributed by atoms with Crippen molar-refractivity contribution in [3.63, 3.8) is 0 Å². The number of esters is 2. The van der Waals surface area contributed by atoms with Crippen LogP contribution in [0.15, 0.2) is 22.6 Å². The lowest BCUT2D eigenvalue weighted by Gasteiger charge is -2.52. The van der Waals surface area contributed by atoms with Crippen LogP contribution in [-0.4, -0.2) is 30.4 Å². The third-order valence-corrected chi connectivity index (χ3v) is 6.75. The fourth-order valence-corrected chi connectivity index (χ4v) is 4.87. The van der Waals surface area contributed by atoms with Crippen molar-refractivity contribution in [3.8, 4) is 0 Å². The van der Waals surface area contributed by atoms with Crippen LogP contribution in [0, 0.1) is 17.3 Å². The van der Waals surface area contributed by atoms with E-state index in [0.717, 1.165) is 31.3 Å². The predicted octanol–water partition coefficient (Wildman–Crippen LogP) is 3.86. The summed E-state index contributed by atoms with van der Waals surface area (Å²) in [7, 11) is 0. The Hall–Kier alpha value is -1.23. The molecule has 5 heteroatoms. The molecule has 0 aromatic rings. The highest BCUT2D eigenvalue weighted by atomic mass is 32.2. The summed E-state index contributed by atoms with van der Waals surface area (Å²) in [4.78, 5) is 23.8. The van der Waals surface area contributed by atoms with Gasteiger partial charge in [0.05, 0.1) is 0 Å². The summed E-state index contributed by atoms with van der Waals surface area (Å²) in [6, 6.07) is 0. The van der Waals surface area contributed by atoms with Gasteiger partial charge in [0.15, 0.2) is 0 Å². The Labute approximate surface area is 148 Å². The van der Waals surface area contributed by atoms with Crippen molar-refractivity contribution in [1.29, 1.82) is 0 Å². The second-order valence-electron chi connectivity index (χ2n) is 7.63. The molecule has 0 saturated heterocycles.